The standard InChI is InChI=1S/C19H20Cl2N2O4S/c1-12-10-23(11-13(2)27-12)28(25,26)18-9-14(3-8-17(18)21)19(24)22-16-6-4-15(20)5-7-16/h3-9,12-13H,10-11H2,1-2H3,(H,22,24). The van der Waals surface area contributed by atoms with Gasteiger partial charge in [0.25, 0.3) is 5.91 Å². The van der Waals surface area contributed by atoms with E-state index >= 15 is 0 Å². The molecule has 0 radical (unpaired) electrons. The molecule has 9 heteroatoms. The van der Waals surface area contributed by atoms with Crippen molar-refractivity contribution in [1.82, 2.24) is 4.31 Å². The first-order valence-corrected chi connectivity index (χ1v) is 10.9. The molecule has 2 aromatic rings. The third-order valence-corrected chi connectivity index (χ3v) is 6.86. The zero-order chi connectivity index (χ0) is 20.5. The zero-order valence-electron chi connectivity index (χ0n) is 15.4. The predicted octanol–water partition coefficient (Wildman–Crippen LogP) is 4.04. The third-order valence-electron chi connectivity index (χ3n) is 4.30. The smallest absolute Gasteiger partial charge is 0.255 e. The van der Waals surface area contributed by atoms with Gasteiger partial charge in [-0.15, -0.1) is 0 Å². The highest BCUT2D eigenvalue weighted by Crippen LogP contribution is 2.28. The average Bonchev–Trinajstić information content (AvgIpc) is 2.63. The molecular formula is C19H20Cl2N2O4S. The lowest BCUT2D eigenvalue weighted by atomic mass is 10.2. The Morgan fingerprint density at radius 3 is 2.29 bits per heavy atom. The molecular weight excluding hydrogens is 423 g/mol. The minimum absolute atomic E-state index is 0.0647. The SMILES string of the molecule is CC1CN(S(=O)(=O)c2cc(C(=O)Nc3ccc(Cl)cc3)ccc2Cl)CC(C)O1. The summed E-state index contributed by atoms with van der Waals surface area (Å²) in [6, 6.07) is 10.8. The Hall–Kier alpha value is -1.64. The van der Waals surface area contributed by atoms with Gasteiger partial charge in [-0.2, -0.15) is 4.31 Å². The van der Waals surface area contributed by atoms with Crippen molar-refractivity contribution in [1.29, 1.82) is 0 Å². The summed E-state index contributed by atoms with van der Waals surface area (Å²) in [5, 5.41) is 3.32. The molecule has 1 N–H and O–H groups in total. The highest BCUT2D eigenvalue weighted by molar-refractivity contribution is 7.89. The van der Waals surface area contributed by atoms with Crippen LogP contribution in [0.25, 0.3) is 0 Å². The molecule has 0 bridgehead atoms. The molecule has 2 unspecified atom stereocenters. The molecule has 0 saturated carbocycles. The topological polar surface area (TPSA) is 75.7 Å². The van der Waals surface area contributed by atoms with Crippen molar-refractivity contribution >= 4 is 44.8 Å². The van der Waals surface area contributed by atoms with Crippen molar-refractivity contribution < 1.29 is 17.9 Å². The number of anilines is 1. The van der Waals surface area contributed by atoms with Gasteiger partial charge in [-0.05, 0) is 56.3 Å². The quantitative estimate of drug-likeness (QED) is 0.774. The number of hydrogen-bond acceptors (Lipinski definition) is 4. The van der Waals surface area contributed by atoms with Gasteiger partial charge in [0.2, 0.25) is 10.0 Å². The van der Waals surface area contributed by atoms with Crippen LogP contribution in [0.2, 0.25) is 10.0 Å². The molecule has 1 heterocycles. The van der Waals surface area contributed by atoms with E-state index < -0.39 is 15.9 Å². The second-order valence-electron chi connectivity index (χ2n) is 6.69. The van der Waals surface area contributed by atoms with Crippen LogP contribution in [-0.4, -0.2) is 43.9 Å². The molecule has 3 rings (SSSR count). The number of benzene rings is 2. The van der Waals surface area contributed by atoms with Crippen LogP contribution in [-0.2, 0) is 14.8 Å². The van der Waals surface area contributed by atoms with Crippen molar-refractivity contribution in [3.63, 3.8) is 0 Å². The largest absolute Gasteiger partial charge is 0.373 e. The molecule has 28 heavy (non-hydrogen) atoms. The molecule has 1 saturated heterocycles. The Balaban J connectivity index is 1.88. The fraction of sp³-hybridized carbons (Fsp3) is 0.316. The maximum atomic E-state index is 13.1. The van der Waals surface area contributed by atoms with Crippen LogP contribution in [0.15, 0.2) is 47.4 Å². The number of hydrogen-bond donors (Lipinski definition) is 1. The third kappa shape index (κ3) is 4.67. The van der Waals surface area contributed by atoms with Crippen LogP contribution < -0.4 is 5.32 Å². The van der Waals surface area contributed by atoms with Crippen molar-refractivity contribution in [2.45, 2.75) is 31.0 Å². The van der Waals surface area contributed by atoms with E-state index in [-0.39, 0.29) is 40.8 Å². The highest BCUT2D eigenvalue weighted by atomic mass is 35.5. The van der Waals surface area contributed by atoms with Gasteiger partial charge in [0.05, 0.1) is 17.2 Å². The highest BCUT2D eigenvalue weighted by Gasteiger charge is 2.33. The Bertz CT molecular complexity index is 970. The first kappa shape index (κ1) is 21.1. The molecule has 1 fully saturated rings. The second-order valence-corrected chi connectivity index (χ2v) is 9.44. The second kappa shape index (κ2) is 8.39. The summed E-state index contributed by atoms with van der Waals surface area (Å²) < 4.78 is 33.2. The minimum atomic E-state index is -3.87. The van der Waals surface area contributed by atoms with Crippen molar-refractivity contribution in [2.75, 3.05) is 18.4 Å². The van der Waals surface area contributed by atoms with Crippen LogP contribution >= 0.6 is 23.2 Å². The van der Waals surface area contributed by atoms with Gasteiger partial charge < -0.3 is 10.1 Å². The molecule has 0 aliphatic carbocycles. The Kier molecular flexibility index (Phi) is 6.31. The summed E-state index contributed by atoms with van der Waals surface area (Å²) in [5.41, 5.74) is 0.733. The molecule has 1 amide bonds. The van der Waals surface area contributed by atoms with E-state index in [1.165, 1.54) is 22.5 Å². The van der Waals surface area contributed by atoms with Crippen molar-refractivity contribution in [3.8, 4) is 0 Å². The predicted molar refractivity (Wildman–Crippen MR) is 110 cm³/mol. The van der Waals surface area contributed by atoms with E-state index in [0.29, 0.717) is 10.7 Å². The number of nitrogens with one attached hydrogen (secondary N) is 1. The van der Waals surface area contributed by atoms with Gasteiger partial charge in [-0.1, -0.05) is 23.2 Å². The lowest BCUT2D eigenvalue weighted by Crippen LogP contribution is -2.48. The fourth-order valence-corrected chi connectivity index (χ4v) is 5.26. The van der Waals surface area contributed by atoms with Gasteiger partial charge in [0, 0.05) is 29.4 Å². The summed E-state index contributed by atoms with van der Waals surface area (Å²) in [6.45, 7) is 4.08. The van der Waals surface area contributed by atoms with Crippen molar-refractivity contribution in [3.05, 3.63) is 58.1 Å². The average molecular weight is 443 g/mol. The van der Waals surface area contributed by atoms with E-state index in [4.69, 9.17) is 27.9 Å². The summed E-state index contributed by atoms with van der Waals surface area (Å²) in [6.07, 6.45) is -0.456. The molecule has 1 aliphatic rings. The summed E-state index contributed by atoms with van der Waals surface area (Å²) >= 11 is 12.0. The molecule has 0 spiro atoms. The molecule has 0 aromatic heterocycles. The molecule has 2 atom stereocenters. The molecule has 6 nitrogen and oxygen atoms in total. The van der Waals surface area contributed by atoms with Gasteiger partial charge in [0.15, 0.2) is 0 Å². The van der Waals surface area contributed by atoms with Crippen LogP contribution in [0, 0.1) is 0 Å². The number of sulfonamides is 1. The lowest BCUT2D eigenvalue weighted by molar-refractivity contribution is -0.0440. The van der Waals surface area contributed by atoms with Crippen LogP contribution in [0.4, 0.5) is 5.69 Å². The van der Waals surface area contributed by atoms with E-state index in [1.54, 1.807) is 24.3 Å². The summed E-state index contributed by atoms with van der Waals surface area (Å²) in [4.78, 5) is 12.5. The van der Waals surface area contributed by atoms with Crippen LogP contribution in [0.5, 0.6) is 0 Å². The van der Waals surface area contributed by atoms with E-state index in [9.17, 15) is 13.2 Å². The van der Waals surface area contributed by atoms with Gasteiger partial charge >= 0.3 is 0 Å². The zero-order valence-corrected chi connectivity index (χ0v) is 17.7. The number of morpholine rings is 1. The fourth-order valence-electron chi connectivity index (χ4n) is 3.04. The number of amides is 1. The van der Waals surface area contributed by atoms with Crippen LogP contribution in [0.1, 0.15) is 24.2 Å². The number of carbonyl (C=O) groups is 1. The Morgan fingerprint density at radius 1 is 1.07 bits per heavy atom. The Morgan fingerprint density at radius 2 is 1.68 bits per heavy atom. The van der Waals surface area contributed by atoms with E-state index in [2.05, 4.69) is 5.32 Å². The summed E-state index contributed by atoms with van der Waals surface area (Å²) in [5.74, 6) is -0.445. The maximum Gasteiger partial charge on any atom is 0.255 e. The van der Waals surface area contributed by atoms with E-state index in [1.807, 2.05) is 13.8 Å². The first-order valence-electron chi connectivity index (χ1n) is 8.69. The van der Waals surface area contributed by atoms with Gasteiger partial charge in [0.1, 0.15) is 4.90 Å². The normalized spacial score (nSPS) is 20.7. The molecule has 2 aromatic carbocycles. The number of halogens is 2. The van der Waals surface area contributed by atoms with Crippen molar-refractivity contribution in [2.24, 2.45) is 0 Å². The minimum Gasteiger partial charge on any atom is -0.373 e. The van der Waals surface area contributed by atoms with Crippen LogP contribution in [0.3, 0.4) is 0 Å². The molecule has 150 valence electrons. The van der Waals surface area contributed by atoms with E-state index in [0.717, 1.165) is 0 Å². The first-order chi connectivity index (χ1) is 13.2. The summed E-state index contributed by atoms with van der Waals surface area (Å²) in [7, 11) is -3.87. The number of ether oxygens (including phenoxy) is 1. The maximum absolute atomic E-state index is 13.1. The monoisotopic (exact) mass is 442 g/mol. The lowest BCUT2D eigenvalue weighted by Gasteiger charge is -2.34. The Labute approximate surface area is 174 Å². The molecule has 1 aliphatic heterocycles. The van der Waals surface area contributed by atoms with Gasteiger partial charge in [-0.25, -0.2) is 8.42 Å². The van der Waals surface area contributed by atoms with Gasteiger partial charge in [-0.3, -0.25) is 4.79 Å². The number of carbonyl (C=O) groups excluding carboxylic acids is 1. The number of nitrogens with zero attached hydrogens (tertiary/aromatic N) is 1. The number of rotatable bonds is 4.